The monoisotopic (exact) mass is 284 g/mol. The maximum atomic E-state index is 4.59. The van der Waals surface area contributed by atoms with Gasteiger partial charge in [-0.05, 0) is 31.0 Å². The van der Waals surface area contributed by atoms with E-state index in [2.05, 4.69) is 72.6 Å². The Morgan fingerprint density at radius 2 is 1.67 bits per heavy atom. The molecule has 2 N–H and O–H groups in total. The fourth-order valence-electron chi connectivity index (χ4n) is 2.03. The van der Waals surface area contributed by atoms with Gasteiger partial charge >= 0.3 is 0 Å². The molecule has 1 aromatic heterocycles. The molecule has 2 aromatic rings. The predicted octanol–water partition coefficient (Wildman–Crippen LogP) is 4.34. The lowest BCUT2D eigenvalue weighted by Crippen LogP contribution is -2.07. The molecular weight excluding hydrogens is 260 g/mol. The van der Waals surface area contributed by atoms with Crippen LogP contribution in [0.4, 0.5) is 17.3 Å². The Hall–Kier alpha value is -2.10. The molecule has 0 radical (unpaired) electrons. The molecule has 0 fully saturated rings. The lowest BCUT2D eigenvalue weighted by Gasteiger charge is -2.12. The number of aryl methyl sites for hydroxylation is 1. The first-order chi connectivity index (χ1) is 10.1. The largest absolute Gasteiger partial charge is 0.370 e. The van der Waals surface area contributed by atoms with E-state index in [4.69, 9.17) is 0 Å². The van der Waals surface area contributed by atoms with Gasteiger partial charge in [0.15, 0.2) is 0 Å². The summed E-state index contributed by atoms with van der Waals surface area (Å²) in [6, 6.07) is 10.4. The molecule has 0 saturated heterocycles. The van der Waals surface area contributed by atoms with E-state index < -0.39 is 0 Å². The summed E-state index contributed by atoms with van der Waals surface area (Å²) in [7, 11) is 0. The third-order valence-corrected chi connectivity index (χ3v) is 3.25. The molecule has 21 heavy (non-hydrogen) atoms. The summed E-state index contributed by atoms with van der Waals surface area (Å²) in [4.78, 5) is 9.12. The van der Waals surface area contributed by atoms with Crippen LogP contribution in [-0.4, -0.2) is 16.5 Å². The molecule has 2 rings (SSSR count). The van der Waals surface area contributed by atoms with Crippen LogP contribution < -0.4 is 10.6 Å². The third kappa shape index (κ3) is 4.18. The van der Waals surface area contributed by atoms with Gasteiger partial charge < -0.3 is 10.6 Å². The second kappa shape index (κ2) is 7.07. The minimum absolute atomic E-state index is 0.298. The number of rotatable bonds is 6. The standard InChI is InChI=1S/C17H24N4/c1-5-13-7-9-14(10-8-13)19-16-11-15(18-6-2)20-17(21-16)12(3)4/h7-12H,5-6H2,1-4H3,(H2,18,19,20,21). The molecule has 112 valence electrons. The van der Waals surface area contributed by atoms with Crippen molar-refractivity contribution in [3.05, 3.63) is 41.7 Å². The van der Waals surface area contributed by atoms with E-state index in [0.717, 1.165) is 36.1 Å². The number of aromatic nitrogens is 2. The lowest BCUT2D eigenvalue weighted by molar-refractivity contribution is 0.777. The van der Waals surface area contributed by atoms with Gasteiger partial charge in [-0.2, -0.15) is 0 Å². The van der Waals surface area contributed by atoms with Crippen LogP contribution in [0.25, 0.3) is 0 Å². The van der Waals surface area contributed by atoms with E-state index in [9.17, 15) is 0 Å². The van der Waals surface area contributed by atoms with E-state index in [1.165, 1.54) is 5.56 Å². The third-order valence-electron chi connectivity index (χ3n) is 3.25. The molecule has 0 amide bonds. The van der Waals surface area contributed by atoms with Crippen LogP contribution in [0.5, 0.6) is 0 Å². The molecule has 0 atom stereocenters. The Balaban J connectivity index is 2.24. The van der Waals surface area contributed by atoms with E-state index >= 15 is 0 Å². The van der Waals surface area contributed by atoms with Gasteiger partial charge in [-0.15, -0.1) is 0 Å². The fraction of sp³-hybridized carbons (Fsp3) is 0.412. The molecule has 0 unspecified atom stereocenters. The van der Waals surface area contributed by atoms with E-state index in [-0.39, 0.29) is 0 Å². The molecule has 1 heterocycles. The highest BCUT2D eigenvalue weighted by molar-refractivity contribution is 5.59. The number of nitrogens with zero attached hydrogens (tertiary/aromatic N) is 2. The number of hydrogen-bond donors (Lipinski definition) is 2. The summed E-state index contributed by atoms with van der Waals surface area (Å²) in [5, 5.41) is 6.61. The van der Waals surface area contributed by atoms with Crippen molar-refractivity contribution in [1.82, 2.24) is 9.97 Å². The van der Waals surface area contributed by atoms with Crippen molar-refractivity contribution >= 4 is 17.3 Å². The van der Waals surface area contributed by atoms with Crippen LogP contribution in [0.1, 0.15) is 45.0 Å². The Morgan fingerprint density at radius 3 is 2.24 bits per heavy atom. The van der Waals surface area contributed by atoms with Crippen LogP contribution in [0, 0.1) is 0 Å². The average molecular weight is 284 g/mol. The van der Waals surface area contributed by atoms with Crippen LogP contribution in [0.3, 0.4) is 0 Å². The zero-order valence-electron chi connectivity index (χ0n) is 13.3. The summed E-state index contributed by atoms with van der Waals surface area (Å²) in [5.41, 5.74) is 2.38. The van der Waals surface area contributed by atoms with Gasteiger partial charge in [0.2, 0.25) is 0 Å². The van der Waals surface area contributed by atoms with Crippen LogP contribution in [0.2, 0.25) is 0 Å². The van der Waals surface area contributed by atoms with Gasteiger partial charge in [0.25, 0.3) is 0 Å². The number of anilines is 3. The summed E-state index contributed by atoms with van der Waals surface area (Å²) in [6.45, 7) is 9.27. The minimum atomic E-state index is 0.298. The summed E-state index contributed by atoms with van der Waals surface area (Å²) in [6.07, 6.45) is 1.05. The molecule has 0 aliphatic heterocycles. The maximum Gasteiger partial charge on any atom is 0.136 e. The zero-order valence-corrected chi connectivity index (χ0v) is 13.3. The predicted molar refractivity (Wildman–Crippen MR) is 89.4 cm³/mol. The molecule has 0 aliphatic carbocycles. The highest BCUT2D eigenvalue weighted by Crippen LogP contribution is 2.21. The van der Waals surface area contributed by atoms with Gasteiger partial charge in [-0.1, -0.05) is 32.9 Å². The van der Waals surface area contributed by atoms with Crippen molar-refractivity contribution in [2.24, 2.45) is 0 Å². The summed E-state index contributed by atoms with van der Waals surface area (Å²) < 4.78 is 0. The quantitative estimate of drug-likeness (QED) is 0.828. The molecule has 4 heteroatoms. The molecule has 4 nitrogen and oxygen atoms in total. The first-order valence-electron chi connectivity index (χ1n) is 7.61. The summed E-state index contributed by atoms with van der Waals surface area (Å²) in [5.74, 6) is 2.84. The van der Waals surface area contributed by atoms with Gasteiger partial charge in [-0.3, -0.25) is 0 Å². The maximum absolute atomic E-state index is 4.59. The van der Waals surface area contributed by atoms with Crippen LogP contribution in [0.15, 0.2) is 30.3 Å². The van der Waals surface area contributed by atoms with Crippen molar-refractivity contribution in [2.45, 2.75) is 40.0 Å². The smallest absolute Gasteiger partial charge is 0.136 e. The van der Waals surface area contributed by atoms with E-state index in [1.54, 1.807) is 0 Å². The Labute approximate surface area is 127 Å². The Kier molecular flexibility index (Phi) is 5.14. The van der Waals surface area contributed by atoms with Crippen molar-refractivity contribution in [1.29, 1.82) is 0 Å². The molecule has 0 saturated carbocycles. The van der Waals surface area contributed by atoms with Crippen molar-refractivity contribution in [3.63, 3.8) is 0 Å². The van der Waals surface area contributed by atoms with Gasteiger partial charge in [-0.25, -0.2) is 9.97 Å². The van der Waals surface area contributed by atoms with Gasteiger partial charge in [0.1, 0.15) is 17.5 Å². The Morgan fingerprint density at radius 1 is 1.00 bits per heavy atom. The second-order valence-corrected chi connectivity index (χ2v) is 5.36. The first kappa shape index (κ1) is 15.3. The van der Waals surface area contributed by atoms with Crippen molar-refractivity contribution in [3.8, 4) is 0 Å². The van der Waals surface area contributed by atoms with E-state index in [1.807, 2.05) is 6.07 Å². The molecule has 0 bridgehead atoms. The van der Waals surface area contributed by atoms with Crippen LogP contribution >= 0.6 is 0 Å². The minimum Gasteiger partial charge on any atom is -0.370 e. The number of hydrogen-bond acceptors (Lipinski definition) is 4. The summed E-state index contributed by atoms with van der Waals surface area (Å²) >= 11 is 0. The Bertz CT molecular complexity index is 576. The molecule has 0 aliphatic rings. The lowest BCUT2D eigenvalue weighted by atomic mass is 10.1. The highest BCUT2D eigenvalue weighted by atomic mass is 15.1. The molecule has 1 aromatic carbocycles. The van der Waals surface area contributed by atoms with Crippen molar-refractivity contribution < 1.29 is 0 Å². The zero-order chi connectivity index (χ0) is 15.2. The molecular formula is C17H24N4. The highest BCUT2D eigenvalue weighted by Gasteiger charge is 2.08. The number of benzene rings is 1. The number of nitrogens with one attached hydrogen (secondary N) is 2. The SMILES string of the molecule is CCNc1cc(Nc2ccc(CC)cc2)nc(C(C)C)n1. The van der Waals surface area contributed by atoms with Gasteiger partial charge in [0.05, 0.1) is 0 Å². The van der Waals surface area contributed by atoms with E-state index in [0.29, 0.717) is 5.92 Å². The van der Waals surface area contributed by atoms with Gasteiger partial charge in [0, 0.05) is 24.2 Å². The topological polar surface area (TPSA) is 49.8 Å². The first-order valence-corrected chi connectivity index (χ1v) is 7.61. The normalized spacial score (nSPS) is 10.7. The van der Waals surface area contributed by atoms with Crippen molar-refractivity contribution in [2.75, 3.05) is 17.2 Å². The molecule has 0 spiro atoms. The van der Waals surface area contributed by atoms with Crippen LogP contribution in [-0.2, 0) is 6.42 Å². The average Bonchev–Trinajstić information content (AvgIpc) is 2.48. The fourth-order valence-corrected chi connectivity index (χ4v) is 2.03. The second-order valence-electron chi connectivity index (χ2n) is 5.36.